The highest BCUT2D eigenvalue weighted by atomic mass is 32.2. The molecule has 0 spiro atoms. The van der Waals surface area contributed by atoms with Crippen LogP contribution in [0.5, 0.6) is 0 Å². The van der Waals surface area contributed by atoms with E-state index in [0.29, 0.717) is 6.54 Å². The van der Waals surface area contributed by atoms with Gasteiger partial charge in [0.15, 0.2) is 0 Å². The van der Waals surface area contributed by atoms with Crippen LogP contribution in [-0.2, 0) is 23.1 Å². The molecular weight excluding hydrogens is 346 g/mol. The van der Waals surface area contributed by atoms with Crippen LogP contribution in [0.4, 0.5) is 8.78 Å². The summed E-state index contributed by atoms with van der Waals surface area (Å²) in [6, 6.07) is 10.1. The second-order valence-electron chi connectivity index (χ2n) is 6.06. The SMILES string of the molecule is CC(C)N(C)S(=O)(=O)c1ccc(CNCc2c(F)cccc2F)cc1. The number of halogens is 2. The van der Waals surface area contributed by atoms with E-state index >= 15 is 0 Å². The molecule has 0 aliphatic rings. The smallest absolute Gasteiger partial charge is 0.243 e. The van der Waals surface area contributed by atoms with Gasteiger partial charge >= 0.3 is 0 Å². The second-order valence-corrected chi connectivity index (χ2v) is 8.06. The van der Waals surface area contributed by atoms with Gasteiger partial charge in [-0.1, -0.05) is 18.2 Å². The number of hydrogen-bond acceptors (Lipinski definition) is 3. The number of benzene rings is 2. The molecule has 0 saturated carbocycles. The van der Waals surface area contributed by atoms with Crippen molar-refractivity contribution in [3.63, 3.8) is 0 Å². The van der Waals surface area contributed by atoms with Crippen LogP contribution in [0, 0.1) is 11.6 Å². The number of rotatable bonds is 7. The molecule has 2 aromatic rings. The number of hydrogen-bond donors (Lipinski definition) is 1. The molecule has 2 aromatic carbocycles. The summed E-state index contributed by atoms with van der Waals surface area (Å²) < 4.78 is 53.2. The van der Waals surface area contributed by atoms with E-state index in [0.717, 1.165) is 5.56 Å². The van der Waals surface area contributed by atoms with Gasteiger partial charge in [0.2, 0.25) is 10.0 Å². The van der Waals surface area contributed by atoms with Crippen molar-refractivity contribution in [2.45, 2.75) is 37.9 Å². The van der Waals surface area contributed by atoms with Gasteiger partial charge in [-0.2, -0.15) is 4.31 Å². The largest absolute Gasteiger partial charge is 0.308 e. The van der Waals surface area contributed by atoms with Gasteiger partial charge in [0.05, 0.1) is 4.90 Å². The maximum absolute atomic E-state index is 13.5. The second kappa shape index (κ2) is 8.03. The molecule has 25 heavy (non-hydrogen) atoms. The highest BCUT2D eigenvalue weighted by Gasteiger charge is 2.22. The van der Waals surface area contributed by atoms with Crippen LogP contribution in [0.25, 0.3) is 0 Å². The number of nitrogens with zero attached hydrogens (tertiary/aromatic N) is 1. The Hall–Kier alpha value is -1.83. The average Bonchev–Trinajstić information content (AvgIpc) is 2.57. The van der Waals surface area contributed by atoms with E-state index in [2.05, 4.69) is 5.32 Å². The summed E-state index contributed by atoms with van der Waals surface area (Å²) in [5.41, 5.74) is 0.808. The zero-order chi connectivity index (χ0) is 18.6. The fraction of sp³-hybridized carbons (Fsp3) is 0.333. The first-order valence-electron chi connectivity index (χ1n) is 7.94. The summed E-state index contributed by atoms with van der Waals surface area (Å²) in [4.78, 5) is 0.215. The predicted molar refractivity (Wildman–Crippen MR) is 93.4 cm³/mol. The van der Waals surface area contributed by atoms with Crippen molar-refractivity contribution in [1.82, 2.24) is 9.62 Å². The Morgan fingerprint density at radius 2 is 1.56 bits per heavy atom. The average molecular weight is 368 g/mol. The molecule has 7 heteroatoms. The molecule has 0 bridgehead atoms. The van der Waals surface area contributed by atoms with E-state index in [9.17, 15) is 17.2 Å². The van der Waals surface area contributed by atoms with E-state index in [4.69, 9.17) is 0 Å². The number of nitrogens with one attached hydrogen (secondary N) is 1. The lowest BCUT2D eigenvalue weighted by Crippen LogP contribution is -2.33. The van der Waals surface area contributed by atoms with Gasteiger partial charge in [-0.3, -0.25) is 0 Å². The fourth-order valence-corrected chi connectivity index (χ4v) is 3.62. The summed E-state index contributed by atoms with van der Waals surface area (Å²) in [5, 5.41) is 2.96. The summed E-state index contributed by atoms with van der Waals surface area (Å²) >= 11 is 0. The van der Waals surface area contributed by atoms with Gasteiger partial charge in [0.1, 0.15) is 11.6 Å². The van der Waals surface area contributed by atoms with E-state index < -0.39 is 21.7 Å². The molecule has 0 aliphatic heterocycles. The van der Waals surface area contributed by atoms with Gasteiger partial charge in [0.25, 0.3) is 0 Å². The molecule has 0 saturated heterocycles. The quantitative estimate of drug-likeness (QED) is 0.816. The normalized spacial score (nSPS) is 12.1. The lowest BCUT2D eigenvalue weighted by atomic mass is 10.2. The maximum atomic E-state index is 13.5. The third kappa shape index (κ3) is 4.62. The van der Waals surface area contributed by atoms with Gasteiger partial charge in [-0.25, -0.2) is 17.2 Å². The van der Waals surface area contributed by atoms with E-state index in [-0.39, 0.29) is 23.0 Å². The molecule has 0 aliphatic carbocycles. The lowest BCUT2D eigenvalue weighted by molar-refractivity contribution is 0.410. The minimum atomic E-state index is -3.52. The van der Waals surface area contributed by atoms with Crippen LogP contribution in [0.15, 0.2) is 47.4 Å². The fourth-order valence-electron chi connectivity index (χ4n) is 2.26. The van der Waals surface area contributed by atoms with Crippen LogP contribution in [-0.4, -0.2) is 25.8 Å². The van der Waals surface area contributed by atoms with Crippen LogP contribution >= 0.6 is 0 Å². The molecular formula is C18H22F2N2O2S. The molecule has 1 N–H and O–H groups in total. The van der Waals surface area contributed by atoms with E-state index in [1.807, 2.05) is 0 Å². The Kier molecular flexibility index (Phi) is 6.26. The van der Waals surface area contributed by atoms with Gasteiger partial charge in [-0.15, -0.1) is 0 Å². The topological polar surface area (TPSA) is 49.4 Å². The third-order valence-electron chi connectivity index (χ3n) is 4.02. The summed E-state index contributed by atoms with van der Waals surface area (Å²) in [7, 11) is -1.98. The molecule has 2 rings (SSSR count). The maximum Gasteiger partial charge on any atom is 0.243 e. The zero-order valence-corrected chi connectivity index (χ0v) is 15.3. The van der Waals surface area contributed by atoms with Crippen molar-refractivity contribution in [3.8, 4) is 0 Å². The summed E-state index contributed by atoms with van der Waals surface area (Å²) in [6.45, 7) is 4.03. The molecule has 0 heterocycles. The molecule has 0 amide bonds. The Morgan fingerprint density at radius 1 is 1.00 bits per heavy atom. The monoisotopic (exact) mass is 368 g/mol. The molecule has 0 fully saturated rings. The van der Waals surface area contributed by atoms with Crippen molar-refractivity contribution in [3.05, 3.63) is 65.2 Å². The first-order valence-corrected chi connectivity index (χ1v) is 9.38. The molecule has 0 atom stereocenters. The molecule has 0 radical (unpaired) electrons. The lowest BCUT2D eigenvalue weighted by Gasteiger charge is -2.21. The first kappa shape index (κ1) is 19.5. The van der Waals surface area contributed by atoms with Crippen LogP contribution < -0.4 is 5.32 Å². The van der Waals surface area contributed by atoms with Gasteiger partial charge < -0.3 is 5.32 Å². The minimum absolute atomic E-state index is 0.0137. The summed E-state index contributed by atoms with van der Waals surface area (Å²) in [6.07, 6.45) is 0. The molecule has 4 nitrogen and oxygen atoms in total. The van der Waals surface area contributed by atoms with Crippen molar-refractivity contribution in [2.24, 2.45) is 0 Å². The zero-order valence-electron chi connectivity index (χ0n) is 14.5. The van der Waals surface area contributed by atoms with Crippen LogP contribution in [0.3, 0.4) is 0 Å². The minimum Gasteiger partial charge on any atom is -0.308 e. The van der Waals surface area contributed by atoms with Crippen molar-refractivity contribution in [1.29, 1.82) is 0 Å². The third-order valence-corrected chi connectivity index (χ3v) is 6.07. The Bertz CT molecular complexity index is 801. The summed E-state index contributed by atoms with van der Waals surface area (Å²) in [5.74, 6) is -1.18. The predicted octanol–water partition coefficient (Wildman–Crippen LogP) is 3.28. The van der Waals surface area contributed by atoms with Crippen molar-refractivity contribution < 1.29 is 17.2 Å². The molecule has 136 valence electrons. The van der Waals surface area contributed by atoms with E-state index in [1.165, 1.54) is 34.6 Å². The highest BCUT2D eigenvalue weighted by molar-refractivity contribution is 7.89. The van der Waals surface area contributed by atoms with Crippen molar-refractivity contribution in [2.75, 3.05) is 7.05 Å². The number of sulfonamides is 1. The Balaban J connectivity index is 2.02. The van der Waals surface area contributed by atoms with Gasteiger partial charge in [0, 0.05) is 31.7 Å². The van der Waals surface area contributed by atoms with E-state index in [1.54, 1.807) is 33.0 Å². The van der Waals surface area contributed by atoms with Crippen LogP contribution in [0.1, 0.15) is 25.0 Å². The Labute approximate surface area is 147 Å². The molecule has 0 unspecified atom stereocenters. The van der Waals surface area contributed by atoms with Crippen LogP contribution in [0.2, 0.25) is 0 Å². The van der Waals surface area contributed by atoms with Crippen molar-refractivity contribution >= 4 is 10.0 Å². The van der Waals surface area contributed by atoms with Gasteiger partial charge in [-0.05, 0) is 43.7 Å². The Morgan fingerprint density at radius 3 is 2.08 bits per heavy atom. The first-order chi connectivity index (χ1) is 11.7. The standard InChI is InChI=1S/C18H22F2N2O2S/c1-13(2)22(3)25(23,24)15-9-7-14(8-10-15)11-21-12-16-17(19)5-4-6-18(16)20/h4-10,13,21H,11-12H2,1-3H3. The highest BCUT2D eigenvalue weighted by Crippen LogP contribution is 2.17. The molecule has 0 aromatic heterocycles.